The van der Waals surface area contributed by atoms with Crippen molar-refractivity contribution in [1.29, 1.82) is 0 Å². The Hall–Kier alpha value is -2.21. The number of benzene rings is 1. The van der Waals surface area contributed by atoms with Crippen LogP contribution >= 0.6 is 11.3 Å². The average Bonchev–Trinajstić information content (AvgIpc) is 3.15. The minimum Gasteiger partial charge on any atom is -0.444 e. The molecule has 1 aliphatic rings. The van der Waals surface area contributed by atoms with E-state index in [0.29, 0.717) is 16.8 Å². The van der Waals surface area contributed by atoms with E-state index >= 15 is 0 Å². The van der Waals surface area contributed by atoms with Crippen LogP contribution in [0.25, 0.3) is 0 Å². The molecule has 0 fully saturated rings. The molecule has 0 saturated carbocycles. The molecule has 2 heterocycles. The Balaban J connectivity index is 1.90. The van der Waals surface area contributed by atoms with Crippen molar-refractivity contribution in [3.8, 4) is 0 Å². The highest BCUT2D eigenvalue weighted by molar-refractivity contribution is 7.11. The maximum absolute atomic E-state index is 11.8. The zero-order valence-electron chi connectivity index (χ0n) is 12.7. The van der Waals surface area contributed by atoms with Crippen LogP contribution < -0.4 is 0 Å². The first-order chi connectivity index (χ1) is 10.6. The van der Waals surface area contributed by atoms with Crippen molar-refractivity contribution in [1.82, 2.24) is 9.99 Å². The first-order valence-electron chi connectivity index (χ1n) is 7.12. The van der Waals surface area contributed by atoms with Gasteiger partial charge in [-0.3, -0.25) is 4.79 Å². The van der Waals surface area contributed by atoms with E-state index in [9.17, 15) is 4.79 Å². The van der Waals surface area contributed by atoms with Crippen LogP contribution in [0.2, 0.25) is 0 Å². The molecule has 0 bridgehead atoms. The normalized spacial score (nSPS) is 17.5. The summed E-state index contributed by atoms with van der Waals surface area (Å²) in [4.78, 5) is 16.4. The molecule has 114 valence electrons. The highest BCUT2D eigenvalue weighted by atomic mass is 32.1. The summed E-state index contributed by atoms with van der Waals surface area (Å²) >= 11 is 1.48. The Morgan fingerprint density at radius 3 is 2.64 bits per heavy atom. The number of aromatic nitrogens is 1. The molecule has 1 aromatic heterocycles. The van der Waals surface area contributed by atoms with E-state index in [1.807, 2.05) is 35.7 Å². The van der Waals surface area contributed by atoms with Gasteiger partial charge in [0.05, 0.1) is 5.69 Å². The van der Waals surface area contributed by atoms with Gasteiger partial charge in [0.15, 0.2) is 5.01 Å². The smallest absolute Gasteiger partial charge is 0.270 e. The number of ether oxygens (including phenoxy) is 1. The highest BCUT2D eigenvalue weighted by Crippen LogP contribution is 2.31. The summed E-state index contributed by atoms with van der Waals surface area (Å²) in [5.41, 5.74) is 1.89. The van der Waals surface area contributed by atoms with Crippen molar-refractivity contribution in [2.75, 3.05) is 0 Å². The Morgan fingerprint density at radius 1 is 1.32 bits per heavy atom. The monoisotopic (exact) mass is 315 g/mol. The zero-order valence-corrected chi connectivity index (χ0v) is 13.5. The third-order valence-corrected chi connectivity index (χ3v) is 4.20. The van der Waals surface area contributed by atoms with E-state index in [4.69, 9.17) is 4.74 Å². The van der Waals surface area contributed by atoms with Gasteiger partial charge in [-0.1, -0.05) is 44.2 Å². The topological polar surface area (TPSA) is 54.8 Å². The van der Waals surface area contributed by atoms with Crippen molar-refractivity contribution in [3.05, 3.63) is 52.0 Å². The van der Waals surface area contributed by atoms with Gasteiger partial charge in [-0.05, 0) is 5.92 Å². The highest BCUT2D eigenvalue weighted by Gasteiger charge is 2.34. The van der Waals surface area contributed by atoms with E-state index in [-0.39, 0.29) is 5.91 Å². The summed E-state index contributed by atoms with van der Waals surface area (Å²) in [6, 6.07) is 9.58. The van der Waals surface area contributed by atoms with Crippen LogP contribution in [0.1, 0.15) is 49.2 Å². The second-order valence-electron chi connectivity index (χ2n) is 5.38. The summed E-state index contributed by atoms with van der Waals surface area (Å²) in [6.07, 6.45) is -0.528. The third kappa shape index (κ3) is 2.74. The molecule has 0 saturated heterocycles. The van der Waals surface area contributed by atoms with Gasteiger partial charge >= 0.3 is 0 Å². The first-order valence-corrected chi connectivity index (χ1v) is 8.00. The van der Waals surface area contributed by atoms with Crippen molar-refractivity contribution in [3.63, 3.8) is 0 Å². The summed E-state index contributed by atoms with van der Waals surface area (Å²) < 4.78 is 5.90. The summed E-state index contributed by atoms with van der Waals surface area (Å²) in [7, 11) is 0. The number of amides is 1. The van der Waals surface area contributed by atoms with Gasteiger partial charge in [-0.25, -0.2) is 4.98 Å². The Morgan fingerprint density at radius 2 is 2.05 bits per heavy atom. The molecular formula is C16H17N3O2S. The zero-order chi connectivity index (χ0) is 15.7. The molecule has 3 rings (SSSR count). The maximum Gasteiger partial charge on any atom is 0.270 e. The number of hydrazone groups is 1. The Labute approximate surface area is 133 Å². The van der Waals surface area contributed by atoms with Crippen molar-refractivity contribution < 1.29 is 9.53 Å². The van der Waals surface area contributed by atoms with Gasteiger partial charge in [-0.15, -0.1) is 16.4 Å². The molecule has 6 heteroatoms. The quantitative estimate of drug-likeness (QED) is 0.871. The van der Waals surface area contributed by atoms with Crippen LogP contribution in [0.15, 0.2) is 40.8 Å². The number of rotatable bonds is 3. The van der Waals surface area contributed by atoms with Gasteiger partial charge in [0.1, 0.15) is 0 Å². The van der Waals surface area contributed by atoms with Crippen LogP contribution in [-0.2, 0) is 9.53 Å². The molecule has 1 aliphatic heterocycles. The van der Waals surface area contributed by atoms with Gasteiger partial charge in [0.2, 0.25) is 12.1 Å². The van der Waals surface area contributed by atoms with Crippen LogP contribution in [0, 0.1) is 0 Å². The summed E-state index contributed by atoms with van der Waals surface area (Å²) in [6.45, 7) is 5.66. The van der Waals surface area contributed by atoms with E-state index in [1.165, 1.54) is 23.3 Å². The molecule has 1 amide bonds. The largest absolute Gasteiger partial charge is 0.444 e. The van der Waals surface area contributed by atoms with Crippen LogP contribution in [0.4, 0.5) is 0 Å². The van der Waals surface area contributed by atoms with Gasteiger partial charge in [-0.2, -0.15) is 5.01 Å². The lowest BCUT2D eigenvalue weighted by molar-refractivity contribution is -0.135. The molecular weight excluding hydrogens is 298 g/mol. The maximum atomic E-state index is 11.8. The molecule has 0 spiro atoms. The van der Waals surface area contributed by atoms with Crippen molar-refractivity contribution >= 4 is 23.1 Å². The van der Waals surface area contributed by atoms with Crippen LogP contribution in [0.3, 0.4) is 0 Å². The van der Waals surface area contributed by atoms with Gasteiger partial charge < -0.3 is 4.74 Å². The molecule has 0 N–H and O–H groups in total. The van der Waals surface area contributed by atoms with E-state index in [2.05, 4.69) is 23.9 Å². The second kappa shape index (κ2) is 5.88. The second-order valence-corrected chi connectivity index (χ2v) is 6.24. The van der Waals surface area contributed by atoms with Crippen LogP contribution in [-0.4, -0.2) is 21.8 Å². The number of nitrogens with zero attached hydrogens (tertiary/aromatic N) is 3. The third-order valence-electron chi connectivity index (χ3n) is 3.35. The predicted molar refractivity (Wildman–Crippen MR) is 85.5 cm³/mol. The van der Waals surface area contributed by atoms with Gasteiger partial charge in [0.25, 0.3) is 5.90 Å². The molecule has 22 heavy (non-hydrogen) atoms. The molecule has 1 unspecified atom stereocenters. The Kier molecular flexibility index (Phi) is 3.94. The summed E-state index contributed by atoms with van der Waals surface area (Å²) in [5, 5.41) is 8.38. The number of hydrogen-bond donors (Lipinski definition) is 0. The average molecular weight is 315 g/mol. The van der Waals surface area contributed by atoms with E-state index in [0.717, 1.165) is 11.3 Å². The predicted octanol–water partition coefficient (Wildman–Crippen LogP) is 3.51. The number of thiazole rings is 1. The molecule has 0 radical (unpaired) electrons. The standard InChI is InChI=1S/C16H17N3O2S/c1-10(2)13-9-22-15(17-13)14-18-19(11(3)20)16(21-14)12-7-5-4-6-8-12/h4-10,16H,1-3H3. The van der Waals surface area contributed by atoms with Crippen molar-refractivity contribution in [2.24, 2.45) is 5.10 Å². The van der Waals surface area contributed by atoms with Gasteiger partial charge in [0, 0.05) is 17.9 Å². The van der Waals surface area contributed by atoms with E-state index in [1.54, 1.807) is 0 Å². The van der Waals surface area contributed by atoms with Crippen LogP contribution in [0.5, 0.6) is 0 Å². The molecule has 0 aliphatic carbocycles. The SMILES string of the molecule is CC(=O)N1N=C(c2nc(C(C)C)cs2)OC1c1ccccc1. The number of hydrogen-bond acceptors (Lipinski definition) is 5. The summed E-state index contributed by atoms with van der Waals surface area (Å²) in [5.74, 6) is 0.589. The molecule has 1 aromatic carbocycles. The lowest BCUT2D eigenvalue weighted by atomic mass is 10.2. The fourth-order valence-electron chi connectivity index (χ4n) is 2.13. The molecule has 1 atom stereocenters. The number of carbonyl (C=O) groups excluding carboxylic acids is 1. The number of carbonyl (C=O) groups is 1. The van der Waals surface area contributed by atoms with Crippen molar-refractivity contribution in [2.45, 2.75) is 32.9 Å². The fraction of sp³-hybridized carbons (Fsp3) is 0.312. The minimum atomic E-state index is -0.528. The molecule has 5 nitrogen and oxygen atoms in total. The first kappa shape index (κ1) is 14.7. The lowest BCUT2D eigenvalue weighted by Gasteiger charge is -2.18. The lowest BCUT2D eigenvalue weighted by Crippen LogP contribution is -2.25. The minimum absolute atomic E-state index is 0.163. The van der Waals surface area contributed by atoms with E-state index < -0.39 is 6.23 Å². The fourth-order valence-corrected chi connectivity index (χ4v) is 3.04. The molecule has 2 aromatic rings. The Bertz CT molecular complexity index is 709.